The highest BCUT2D eigenvalue weighted by atomic mass is 32.2. The van der Waals surface area contributed by atoms with Crippen molar-refractivity contribution in [1.82, 2.24) is 4.98 Å². The molecule has 0 spiro atoms. The van der Waals surface area contributed by atoms with Crippen LogP contribution in [0.15, 0.2) is 64.6 Å². The number of hydrogen-bond acceptors (Lipinski definition) is 5. The minimum atomic E-state index is -0.609. The standard InChI is InChI=1S/C22H18FN3O3S/c1-3-26-17-8-7-14(25-20(27)13-6-9-18(29-2)16(23)11-13)12-19(17)30-21-15(22(26)28)5-4-10-24-21/h4-12H,3H2,1-2H3,(H,25,27). The number of ether oxygens (including phenoxy) is 1. The fourth-order valence-corrected chi connectivity index (χ4v) is 4.27. The number of halogens is 1. The van der Waals surface area contributed by atoms with Gasteiger partial charge in [-0.2, -0.15) is 0 Å². The van der Waals surface area contributed by atoms with Crippen molar-refractivity contribution in [2.75, 3.05) is 23.9 Å². The van der Waals surface area contributed by atoms with Crippen LogP contribution in [-0.2, 0) is 0 Å². The molecule has 1 N–H and O–H groups in total. The molecular formula is C22H18FN3O3S. The van der Waals surface area contributed by atoms with Crippen LogP contribution in [0.2, 0.25) is 0 Å². The van der Waals surface area contributed by atoms with Gasteiger partial charge in [-0.3, -0.25) is 9.59 Å². The quantitative estimate of drug-likeness (QED) is 0.663. The SMILES string of the molecule is CCN1C(=O)c2cccnc2Sc2cc(NC(=O)c3ccc(OC)c(F)c3)ccc21. The number of rotatable bonds is 4. The number of pyridine rings is 1. The zero-order valence-corrected chi connectivity index (χ0v) is 17.1. The van der Waals surface area contributed by atoms with Crippen molar-refractivity contribution in [3.05, 3.63) is 71.7 Å². The molecule has 0 atom stereocenters. The molecule has 1 aliphatic heterocycles. The predicted molar refractivity (Wildman–Crippen MR) is 113 cm³/mol. The highest BCUT2D eigenvalue weighted by Gasteiger charge is 2.27. The maximum atomic E-state index is 13.9. The molecule has 0 saturated heterocycles. The highest BCUT2D eigenvalue weighted by Crippen LogP contribution is 2.41. The Morgan fingerprint density at radius 3 is 2.80 bits per heavy atom. The van der Waals surface area contributed by atoms with Crippen molar-refractivity contribution in [3.8, 4) is 5.75 Å². The van der Waals surface area contributed by atoms with Crippen molar-refractivity contribution in [2.45, 2.75) is 16.8 Å². The van der Waals surface area contributed by atoms with Crippen molar-refractivity contribution < 1.29 is 18.7 Å². The number of anilines is 2. The van der Waals surface area contributed by atoms with E-state index in [1.165, 1.54) is 31.0 Å². The second-order valence-corrected chi connectivity index (χ2v) is 7.52. The molecule has 0 fully saturated rings. The number of nitrogens with zero attached hydrogens (tertiary/aromatic N) is 2. The van der Waals surface area contributed by atoms with Crippen molar-refractivity contribution in [2.24, 2.45) is 0 Å². The normalized spacial score (nSPS) is 12.6. The molecule has 3 aromatic rings. The third kappa shape index (κ3) is 3.61. The van der Waals surface area contributed by atoms with E-state index in [0.717, 1.165) is 16.6 Å². The van der Waals surface area contributed by atoms with Crippen LogP contribution in [-0.4, -0.2) is 30.5 Å². The number of methoxy groups -OCH3 is 1. The molecule has 2 heterocycles. The molecule has 0 aliphatic carbocycles. The molecule has 8 heteroatoms. The Hall–Kier alpha value is -3.39. The Bertz CT molecular complexity index is 1150. The molecule has 2 amide bonds. The number of carbonyl (C=O) groups excluding carboxylic acids is 2. The lowest BCUT2D eigenvalue weighted by atomic mass is 10.1. The summed E-state index contributed by atoms with van der Waals surface area (Å²) >= 11 is 1.37. The van der Waals surface area contributed by atoms with Gasteiger partial charge >= 0.3 is 0 Å². The van der Waals surface area contributed by atoms with Gasteiger partial charge in [-0.25, -0.2) is 9.37 Å². The first kappa shape index (κ1) is 19.9. The minimum Gasteiger partial charge on any atom is -0.494 e. The molecule has 0 saturated carbocycles. The second kappa shape index (κ2) is 8.16. The zero-order valence-electron chi connectivity index (χ0n) is 16.3. The largest absolute Gasteiger partial charge is 0.494 e. The van der Waals surface area contributed by atoms with Crippen LogP contribution in [0.4, 0.5) is 15.8 Å². The lowest BCUT2D eigenvalue weighted by Gasteiger charge is -2.21. The predicted octanol–water partition coefficient (Wildman–Crippen LogP) is 4.61. The van der Waals surface area contributed by atoms with E-state index in [1.54, 1.807) is 41.4 Å². The molecule has 0 radical (unpaired) electrons. The minimum absolute atomic E-state index is 0.0727. The molecule has 1 aromatic heterocycles. The third-order valence-electron chi connectivity index (χ3n) is 4.69. The van der Waals surface area contributed by atoms with Crippen LogP contribution < -0.4 is 15.0 Å². The number of hydrogen-bond donors (Lipinski definition) is 1. The van der Waals surface area contributed by atoms with Gasteiger partial charge in [0, 0.05) is 28.9 Å². The summed E-state index contributed by atoms with van der Waals surface area (Å²) in [7, 11) is 1.36. The van der Waals surface area contributed by atoms with E-state index in [4.69, 9.17) is 4.74 Å². The van der Waals surface area contributed by atoms with Crippen LogP contribution in [0.1, 0.15) is 27.6 Å². The first-order valence-corrected chi connectivity index (χ1v) is 10.1. The van der Waals surface area contributed by atoms with E-state index in [1.807, 2.05) is 6.92 Å². The van der Waals surface area contributed by atoms with Gasteiger partial charge in [0.25, 0.3) is 11.8 Å². The van der Waals surface area contributed by atoms with E-state index in [9.17, 15) is 14.0 Å². The van der Waals surface area contributed by atoms with E-state index >= 15 is 0 Å². The Kier molecular flexibility index (Phi) is 5.41. The maximum Gasteiger partial charge on any atom is 0.261 e. The van der Waals surface area contributed by atoms with Crippen LogP contribution >= 0.6 is 11.8 Å². The molecule has 1 aliphatic rings. The first-order chi connectivity index (χ1) is 14.5. The zero-order chi connectivity index (χ0) is 21.3. The fraction of sp³-hybridized carbons (Fsp3) is 0.136. The summed E-state index contributed by atoms with van der Waals surface area (Å²) in [5.41, 5.74) is 2.00. The molecular weight excluding hydrogens is 405 g/mol. The Morgan fingerprint density at radius 2 is 2.07 bits per heavy atom. The van der Waals surface area contributed by atoms with Crippen molar-refractivity contribution in [1.29, 1.82) is 0 Å². The number of benzene rings is 2. The van der Waals surface area contributed by atoms with E-state index in [2.05, 4.69) is 10.3 Å². The summed E-state index contributed by atoms with van der Waals surface area (Å²) < 4.78 is 18.8. The van der Waals surface area contributed by atoms with Crippen LogP contribution in [0.5, 0.6) is 5.75 Å². The fourth-order valence-electron chi connectivity index (χ4n) is 3.22. The lowest BCUT2D eigenvalue weighted by molar-refractivity contribution is 0.0983. The van der Waals surface area contributed by atoms with Crippen LogP contribution in [0.25, 0.3) is 0 Å². The summed E-state index contributed by atoms with van der Waals surface area (Å²) in [6.45, 7) is 2.40. The van der Waals surface area contributed by atoms with Crippen LogP contribution in [0.3, 0.4) is 0 Å². The number of aromatic nitrogens is 1. The molecule has 0 unspecified atom stereocenters. The Balaban J connectivity index is 1.66. The Morgan fingerprint density at radius 1 is 1.23 bits per heavy atom. The average Bonchev–Trinajstić information content (AvgIpc) is 2.87. The van der Waals surface area contributed by atoms with E-state index < -0.39 is 11.7 Å². The monoisotopic (exact) mass is 423 g/mol. The van der Waals surface area contributed by atoms with Crippen LogP contribution in [0, 0.1) is 5.82 Å². The van der Waals surface area contributed by atoms with E-state index in [-0.39, 0.29) is 17.2 Å². The second-order valence-electron chi connectivity index (χ2n) is 6.49. The molecule has 6 nitrogen and oxygen atoms in total. The van der Waals surface area contributed by atoms with Gasteiger partial charge < -0.3 is 15.0 Å². The number of nitrogens with one attached hydrogen (secondary N) is 1. The van der Waals surface area contributed by atoms with Gasteiger partial charge in [0.1, 0.15) is 5.03 Å². The molecule has 4 rings (SSSR count). The van der Waals surface area contributed by atoms with Crippen molar-refractivity contribution in [3.63, 3.8) is 0 Å². The van der Waals surface area contributed by atoms with Gasteiger partial charge in [-0.15, -0.1) is 0 Å². The van der Waals surface area contributed by atoms with Crippen molar-refractivity contribution >= 4 is 35.0 Å². The third-order valence-corrected chi connectivity index (χ3v) is 5.76. The number of fused-ring (bicyclic) bond motifs is 2. The number of amides is 2. The van der Waals surface area contributed by atoms with Gasteiger partial charge in [0.2, 0.25) is 0 Å². The highest BCUT2D eigenvalue weighted by molar-refractivity contribution is 7.99. The average molecular weight is 423 g/mol. The lowest BCUT2D eigenvalue weighted by Crippen LogP contribution is -2.30. The van der Waals surface area contributed by atoms with E-state index in [0.29, 0.717) is 22.8 Å². The summed E-state index contributed by atoms with van der Waals surface area (Å²) in [4.78, 5) is 32.3. The Labute approximate surface area is 177 Å². The summed E-state index contributed by atoms with van der Waals surface area (Å²) in [6.07, 6.45) is 1.64. The van der Waals surface area contributed by atoms with Gasteiger partial charge in [0.05, 0.1) is 18.4 Å². The summed E-state index contributed by atoms with van der Waals surface area (Å²) in [5, 5.41) is 3.39. The molecule has 2 aromatic carbocycles. The van der Waals surface area contributed by atoms with Gasteiger partial charge in [-0.05, 0) is 55.5 Å². The molecule has 0 bridgehead atoms. The topological polar surface area (TPSA) is 71.5 Å². The smallest absolute Gasteiger partial charge is 0.261 e. The molecule has 30 heavy (non-hydrogen) atoms. The summed E-state index contributed by atoms with van der Waals surface area (Å²) in [6, 6.07) is 12.8. The number of carbonyl (C=O) groups is 2. The van der Waals surface area contributed by atoms with Gasteiger partial charge in [0.15, 0.2) is 11.6 Å². The molecule has 152 valence electrons. The first-order valence-electron chi connectivity index (χ1n) is 9.25. The summed E-state index contributed by atoms with van der Waals surface area (Å²) in [5.74, 6) is -1.10. The van der Waals surface area contributed by atoms with Gasteiger partial charge in [-0.1, -0.05) is 11.8 Å². The maximum absolute atomic E-state index is 13.9.